The van der Waals surface area contributed by atoms with E-state index < -0.39 is 0 Å². The highest BCUT2D eigenvalue weighted by atomic mass is 16.5. The Morgan fingerprint density at radius 3 is 2.82 bits per heavy atom. The van der Waals surface area contributed by atoms with Gasteiger partial charge in [0.2, 0.25) is 5.91 Å². The fourth-order valence-corrected chi connectivity index (χ4v) is 6.42. The maximum absolute atomic E-state index is 12.6. The van der Waals surface area contributed by atoms with E-state index in [1.165, 1.54) is 6.42 Å². The molecule has 5 nitrogen and oxygen atoms in total. The van der Waals surface area contributed by atoms with E-state index in [0.29, 0.717) is 24.9 Å². The van der Waals surface area contributed by atoms with E-state index in [-0.39, 0.29) is 28.9 Å². The van der Waals surface area contributed by atoms with Gasteiger partial charge in [0.25, 0.3) is 0 Å². The van der Waals surface area contributed by atoms with Gasteiger partial charge in [0.05, 0.1) is 19.8 Å². The van der Waals surface area contributed by atoms with Crippen LogP contribution in [0.3, 0.4) is 0 Å². The van der Waals surface area contributed by atoms with Gasteiger partial charge in [-0.25, -0.2) is 0 Å². The van der Waals surface area contributed by atoms with Gasteiger partial charge in [0, 0.05) is 31.7 Å². The lowest BCUT2D eigenvalue weighted by atomic mass is 9.58. The van der Waals surface area contributed by atoms with Crippen LogP contribution in [-0.4, -0.2) is 39.4 Å². The van der Waals surface area contributed by atoms with Gasteiger partial charge < -0.3 is 19.5 Å². The summed E-state index contributed by atoms with van der Waals surface area (Å²) in [7, 11) is 3.36. The Morgan fingerprint density at radius 2 is 2.07 bits per heavy atom. The van der Waals surface area contributed by atoms with Crippen molar-refractivity contribution in [2.75, 3.05) is 27.4 Å². The molecule has 1 spiro atoms. The van der Waals surface area contributed by atoms with Crippen LogP contribution in [-0.2, 0) is 14.3 Å². The molecule has 0 radical (unpaired) electrons. The van der Waals surface area contributed by atoms with Gasteiger partial charge in [0.15, 0.2) is 0 Å². The molecule has 4 rings (SSSR count). The summed E-state index contributed by atoms with van der Waals surface area (Å²) in [6.45, 7) is 5.85. The number of hydrogen-bond acceptors (Lipinski definition) is 4. The van der Waals surface area contributed by atoms with Crippen LogP contribution in [0.15, 0.2) is 24.3 Å². The number of amides is 1. The Hall–Kier alpha value is -1.59. The standard InChI is InChI=1S/C23H33NO4/c1-22(2)15-13-17-20(16-7-5-6-8-18(16)27-4)28-12-10-23(17,14-15)21(22)24-19(25)9-11-26-3/h5-8,15,17,20-21H,9-14H2,1-4H3,(H,24,25)/t15-,17-,20-,21-,23?/m1/s1. The average Bonchev–Trinajstić information content (AvgIpc) is 3.19. The lowest BCUT2D eigenvalue weighted by Gasteiger charge is -2.53. The predicted molar refractivity (Wildman–Crippen MR) is 107 cm³/mol. The summed E-state index contributed by atoms with van der Waals surface area (Å²) in [6.07, 6.45) is 3.79. The molecule has 154 valence electrons. The first-order valence-electron chi connectivity index (χ1n) is 10.5. The second kappa shape index (κ2) is 7.34. The van der Waals surface area contributed by atoms with Crippen LogP contribution in [0.4, 0.5) is 0 Å². The van der Waals surface area contributed by atoms with Crippen molar-refractivity contribution < 1.29 is 19.0 Å². The largest absolute Gasteiger partial charge is 0.496 e. The van der Waals surface area contributed by atoms with E-state index in [9.17, 15) is 4.79 Å². The van der Waals surface area contributed by atoms with Crippen LogP contribution in [0, 0.1) is 22.7 Å². The zero-order valence-corrected chi connectivity index (χ0v) is 17.5. The second-order valence-corrected chi connectivity index (χ2v) is 9.32. The number of ether oxygens (including phenoxy) is 3. The highest BCUT2D eigenvalue weighted by Crippen LogP contribution is 2.70. The molecular formula is C23H33NO4. The van der Waals surface area contributed by atoms with Crippen molar-refractivity contribution in [3.05, 3.63) is 29.8 Å². The van der Waals surface area contributed by atoms with Crippen LogP contribution in [0.1, 0.15) is 51.2 Å². The molecule has 1 N–H and O–H groups in total. The minimum absolute atomic E-state index is 0.0318. The number of hydrogen-bond donors (Lipinski definition) is 1. The first-order chi connectivity index (χ1) is 13.4. The molecule has 1 saturated heterocycles. The van der Waals surface area contributed by atoms with Crippen molar-refractivity contribution in [2.24, 2.45) is 22.7 Å². The third-order valence-electron chi connectivity index (χ3n) is 7.79. The Kier molecular flexibility index (Phi) is 5.17. The summed E-state index contributed by atoms with van der Waals surface area (Å²) in [4.78, 5) is 12.6. The third-order valence-corrected chi connectivity index (χ3v) is 7.79. The van der Waals surface area contributed by atoms with Crippen molar-refractivity contribution in [1.82, 2.24) is 5.32 Å². The molecule has 2 aliphatic carbocycles. The van der Waals surface area contributed by atoms with Crippen molar-refractivity contribution in [1.29, 1.82) is 0 Å². The normalized spacial score (nSPS) is 35.4. The molecule has 2 bridgehead atoms. The monoisotopic (exact) mass is 387 g/mol. The van der Waals surface area contributed by atoms with E-state index >= 15 is 0 Å². The number of fused-ring (bicyclic) bond motifs is 1. The van der Waals surface area contributed by atoms with Crippen molar-refractivity contribution in [3.8, 4) is 5.75 Å². The van der Waals surface area contributed by atoms with Gasteiger partial charge in [-0.3, -0.25) is 4.79 Å². The lowest BCUT2D eigenvalue weighted by Crippen LogP contribution is -2.59. The maximum Gasteiger partial charge on any atom is 0.222 e. The summed E-state index contributed by atoms with van der Waals surface area (Å²) >= 11 is 0. The quantitative estimate of drug-likeness (QED) is 0.808. The Balaban J connectivity index is 1.65. The summed E-state index contributed by atoms with van der Waals surface area (Å²) in [5, 5.41) is 3.42. The summed E-state index contributed by atoms with van der Waals surface area (Å²) in [5.41, 5.74) is 1.34. The number of methoxy groups -OCH3 is 2. The first kappa shape index (κ1) is 19.7. The molecule has 0 aromatic heterocycles. The van der Waals surface area contributed by atoms with Gasteiger partial charge in [0.1, 0.15) is 5.75 Å². The molecule has 1 aromatic carbocycles. The van der Waals surface area contributed by atoms with E-state index in [1.807, 2.05) is 12.1 Å². The predicted octanol–water partition coefficient (Wildman–Crippen LogP) is 3.73. The van der Waals surface area contributed by atoms with Crippen LogP contribution in [0.5, 0.6) is 5.75 Å². The molecule has 1 heterocycles. The van der Waals surface area contributed by atoms with Crippen molar-refractivity contribution >= 4 is 5.91 Å². The van der Waals surface area contributed by atoms with Crippen molar-refractivity contribution in [3.63, 3.8) is 0 Å². The zero-order chi connectivity index (χ0) is 19.9. The molecule has 3 fully saturated rings. The Morgan fingerprint density at radius 1 is 1.29 bits per heavy atom. The maximum atomic E-state index is 12.6. The van der Waals surface area contributed by atoms with E-state index in [0.717, 1.165) is 30.8 Å². The van der Waals surface area contributed by atoms with E-state index in [1.54, 1.807) is 14.2 Å². The van der Waals surface area contributed by atoms with Gasteiger partial charge in [-0.15, -0.1) is 0 Å². The van der Waals surface area contributed by atoms with Gasteiger partial charge in [-0.05, 0) is 48.0 Å². The van der Waals surface area contributed by atoms with E-state index in [2.05, 4.69) is 31.3 Å². The van der Waals surface area contributed by atoms with Crippen LogP contribution in [0.2, 0.25) is 0 Å². The first-order valence-corrected chi connectivity index (χ1v) is 10.5. The highest BCUT2D eigenvalue weighted by molar-refractivity contribution is 5.76. The molecule has 5 atom stereocenters. The number of carbonyl (C=O) groups is 1. The summed E-state index contributed by atoms with van der Waals surface area (Å²) in [5.74, 6) is 2.00. The zero-order valence-electron chi connectivity index (χ0n) is 17.5. The second-order valence-electron chi connectivity index (χ2n) is 9.32. The number of carbonyl (C=O) groups excluding carboxylic acids is 1. The fraction of sp³-hybridized carbons (Fsp3) is 0.696. The Bertz CT molecular complexity index is 733. The molecule has 28 heavy (non-hydrogen) atoms. The molecule has 3 aliphatic rings. The molecule has 1 amide bonds. The van der Waals surface area contributed by atoms with Crippen LogP contribution in [0.25, 0.3) is 0 Å². The minimum Gasteiger partial charge on any atom is -0.496 e. The van der Waals surface area contributed by atoms with E-state index in [4.69, 9.17) is 14.2 Å². The third kappa shape index (κ3) is 2.94. The van der Waals surface area contributed by atoms with Gasteiger partial charge >= 0.3 is 0 Å². The number of rotatable bonds is 6. The molecule has 1 aromatic rings. The Labute approximate surface area is 168 Å². The lowest BCUT2D eigenvalue weighted by molar-refractivity contribution is -0.138. The molecule has 2 saturated carbocycles. The molecule has 1 aliphatic heterocycles. The fourth-order valence-electron chi connectivity index (χ4n) is 6.42. The van der Waals surface area contributed by atoms with Gasteiger partial charge in [-0.1, -0.05) is 32.0 Å². The smallest absolute Gasteiger partial charge is 0.222 e. The number of para-hydroxylation sites is 1. The minimum atomic E-state index is 0.0318. The molecule has 1 unspecified atom stereocenters. The van der Waals surface area contributed by atoms with Gasteiger partial charge in [-0.2, -0.15) is 0 Å². The SMILES string of the molecule is COCCC(=O)N[C@@H]1C(C)(C)[C@@H]2C[C@@H]3[C@@H](c4ccccc4OC)OCCC31C2. The summed E-state index contributed by atoms with van der Waals surface area (Å²) < 4.78 is 17.1. The molecular weight excluding hydrogens is 354 g/mol. The number of nitrogens with one attached hydrogen (secondary N) is 1. The topological polar surface area (TPSA) is 56.8 Å². The van der Waals surface area contributed by atoms with Crippen molar-refractivity contribution in [2.45, 2.75) is 51.7 Å². The summed E-state index contributed by atoms with van der Waals surface area (Å²) in [6, 6.07) is 8.38. The van der Waals surface area contributed by atoms with Crippen LogP contribution >= 0.6 is 0 Å². The molecule has 5 heteroatoms. The highest BCUT2D eigenvalue weighted by Gasteiger charge is 2.68. The van der Waals surface area contributed by atoms with Crippen LogP contribution < -0.4 is 10.1 Å². The number of benzene rings is 1. The average molecular weight is 388 g/mol.